The van der Waals surface area contributed by atoms with Crippen LogP contribution in [-0.2, 0) is 6.54 Å². The summed E-state index contributed by atoms with van der Waals surface area (Å²) in [4.78, 5) is 0. The van der Waals surface area contributed by atoms with Gasteiger partial charge in [0.1, 0.15) is 11.5 Å². The summed E-state index contributed by atoms with van der Waals surface area (Å²) in [5.74, 6) is 1.70. The van der Waals surface area contributed by atoms with Gasteiger partial charge in [-0.15, -0.1) is 0 Å². The average Bonchev–Trinajstić information content (AvgIpc) is 2.34. The first-order chi connectivity index (χ1) is 8.19. The minimum atomic E-state index is 0.555. The molecule has 0 aliphatic rings. The molecule has 17 heavy (non-hydrogen) atoms. The van der Waals surface area contributed by atoms with Gasteiger partial charge in [-0.3, -0.25) is 0 Å². The topological polar surface area (TPSA) is 35.2 Å². The second kappa shape index (κ2) is 5.34. The smallest absolute Gasteiger partial charge is 0.130 e. The maximum absolute atomic E-state index is 5.80. The van der Waals surface area contributed by atoms with E-state index in [-0.39, 0.29) is 0 Å². The van der Waals surface area contributed by atoms with Gasteiger partial charge >= 0.3 is 0 Å². The van der Waals surface area contributed by atoms with Crippen molar-refractivity contribution in [3.05, 3.63) is 58.1 Å². The summed E-state index contributed by atoms with van der Waals surface area (Å²) in [6.45, 7) is 2.58. The van der Waals surface area contributed by atoms with Gasteiger partial charge in [0.25, 0.3) is 0 Å². The molecule has 0 unspecified atom stereocenters. The number of aryl methyl sites for hydroxylation is 1. The molecule has 2 aromatic rings. The number of hydrogen-bond acceptors (Lipinski definition) is 2. The summed E-state index contributed by atoms with van der Waals surface area (Å²) in [6.07, 6.45) is 0. The maximum Gasteiger partial charge on any atom is 0.130 e. The zero-order valence-corrected chi connectivity index (χ0v) is 11.2. The first-order valence-corrected chi connectivity index (χ1v) is 6.21. The van der Waals surface area contributed by atoms with E-state index in [1.54, 1.807) is 0 Å². The molecule has 0 aliphatic carbocycles. The van der Waals surface area contributed by atoms with E-state index in [0.717, 1.165) is 27.1 Å². The highest BCUT2D eigenvalue weighted by Crippen LogP contribution is 2.26. The molecular formula is C14H14BrNO. The summed E-state index contributed by atoms with van der Waals surface area (Å²) in [5.41, 5.74) is 7.80. The molecule has 0 bridgehead atoms. The number of nitrogens with two attached hydrogens (primary N) is 1. The van der Waals surface area contributed by atoms with Crippen LogP contribution in [0.3, 0.4) is 0 Å². The Labute approximate surface area is 110 Å². The van der Waals surface area contributed by atoms with Crippen molar-refractivity contribution < 1.29 is 4.74 Å². The number of halogens is 1. The molecule has 88 valence electrons. The number of rotatable bonds is 3. The molecule has 0 spiro atoms. The van der Waals surface area contributed by atoms with E-state index in [9.17, 15) is 0 Å². The normalized spacial score (nSPS) is 10.3. The van der Waals surface area contributed by atoms with E-state index in [4.69, 9.17) is 10.5 Å². The number of hydrogen-bond donors (Lipinski definition) is 1. The molecule has 0 saturated carbocycles. The molecule has 0 amide bonds. The van der Waals surface area contributed by atoms with Crippen molar-refractivity contribution in [1.29, 1.82) is 0 Å². The van der Waals surface area contributed by atoms with Crippen LogP contribution >= 0.6 is 15.9 Å². The van der Waals surface area contributed by atoms with Gasteiger partial charge in [-0.1, -0.05) is 28.1 Å². The van der Waals surface area contributed by atoms with E-state index in [2.05, 4.69) is 15.9 Å². The van der Waals surface area contributed by atoms with Crippen LogP contribution in [0.4, 0.5) is 0 Å². The molecule has 0 aliphatic heterocycles. The Balaban J connectivity index is 2.21. The Morgan fingerprint density at radius 1 is 1.12 bits per heavy atom. The van der Waals surface area contributed by atoms with E-state index in [1.165, 1.54) is 0 Å². The van der Waals surface area contributed by atoms with Crippen LogP contribution < -0.4 is 10.5 Å². The zero-order valence-electron chi connectivity index (χ0n) is 9.61. The Bertz CT molecular complexity index is 508. The van der Waals surface area contributed by atoms with Gasteiger partial charge in [0.05, 0.1) is 0 Å². The highest BCUT2D eigenvalue weighted by Gasteiger charge is 2.02. The van der Waals surface area contributed by atoms with Crippen molar-refractivity contribution in [3.8, 4) is 11.5 Å². The Morgan fingerprint density at radius 3 is 2.41 bits per heavy atom. The van der Waals surface area contributed by atoms with Crippen LogP contribution in [0, 0.1) is 6.92 Å². The molecule has 2 aromatic carbocycles. The second-order valence-electron chi connectivity index (χ2n) is 3.86. The second-order valence-corrected chi connectivity index (χ2v) is 4.78. The lowest BCUT2D eigenvalue weighted by atomic mass is 10.1. The molecule has 2 rings (SSSR count). The fourth-order valence-corrected chi connectivity index (χ4v) is 1.85. The van der Waals surface area contributed by atoms with Gasteiger partial charge < -0.3 is 10.5 Å². The molecule has 0 aromatic heterocycles. The fraction of sp³-hybridized carbons (Fsp3) is 0.143. The quantitative estimate of drug-likeness (QED) is 0.927. The van der Waals surface area contributed by atoms with Crippen LogP contribution in [0.2, 0.25) is 0 Å². The first-order valence-electron chi connectivity index (χ1n) is 5.42. The zero-order chi connectivity index (χ0) is 12.3. The summed E-state index contributed by atoms with van der Waals surface area (Å²) in [5, 5.41) is 0. The van der Waals surface area contributed by atoms with E-state index < -0.39 is 0 Å². The molecule has 0 atom stereocenters. The molecule has 0 radical (unpaired) electrons. The summed E-state index contributed by atoms with van der Waals surface area (Å²) in [7, 11) is 0. The van der Waals surface area contributed by atoms with E-state index in [0.29, 0.717) is 6.54 Å². The molecule has 0 saturated heterocycles. The van der Waals surface area contributed by atoms with Crippen molar-refractivity contribution in [3.63, 3.8) is 0 Å². The van der Waals surface area contributed by atoms with Crippen molar-refractivity contribution in [2.45, 2.75) is 13.5 Å². The monoisotopic (exact) mass is 291 g/mol. The minimum Gasteiger partial charge on any atom is -0.457 e. The Morgan fingerprint density at radius 2 is 1.82 bits per heavy atom. The molecule has 2 nitrogen and oxygen atoms in total. The van der Waals surface area contributed by atoms with Gasteiger partial charge in [0.2, 0.25) is 0 Å². The van der Waals surface area contributed by atoms with E-state index in [1.807, 2.05) is 49.4 Å². The lowest BCUT2D eigenvalue weighted by Gasteiger charge is -2.09. The predicted octanol–water partition coefficient (Wildman–Crippen LogP) is 4.01. The fourth-order valence-electron chi connectivity index (χ4n) is 1.58. The van der Waals surface area contributed by atoms with Crippen molar-refractivity contribution in [1.82, 2.24) is 0 Å². The maximum atomic E-state index is 5.80. The van der Waals surface area contributed by atoms with Crippen LogP contribution in [0.5, 0.6) is 11.5 Å². The third-order valence-corrected chi connectivity index (χ3v) is 3.05. The highest BCUT2D eigenvalue weighted by molar-refractivity contribution is 9.10. The summed E-state index contributed by atoms with van der Waals surface area (Å²) in [6, 6.07) is 13.8. The Kier molecular flexibility index (Phi) is 3.82. The number of benzene rings is 2. The molecule has 0 fully saturated rings. The summed E-state index contributed by atoms with van der Waals surface area (Å²) >= 11 is 3.39. The first kappa shape index (κ1) is 12.1. The predicted molar refractivity (Wildman–Crippen MR) is 73.3 cm³/mol. The molecule has 2 N–H and O–H groups in total. The molecular weight excluding hydrogens is 278 g/mol. The van der Waals surface area contributed by atoms with Crippen LogP contribution in [0.15, 0.2) is 46.9 Å². The lowest BCUT2D eigenvalue weighted by molar-refractivity contribution is 0.478. The van der Waals surface area contributed by atoms with Gasteiger partial charge in [0.15, 0.2) is 0 Å². The molecule has 3 heteroatoms. The van der Waals surface area contributed by atoms with Crippen molar-refractivity contribution in [2.75, 3.05) is 0 Å². The van der Waals surface area contributed by atoms with Gasteiger partial charge in [-0.05, 0) is 48.4 Å². The standard InChI is InChI=1S/C14H14BrNO/c1-10-8-11(9-16)2-7-14(10)17-13-5-3-12(15)4-6-13/h2-8H,9,16H2,1H3. The van der Waals surface area contributed by atoms with Crippen molar-refractivity contribution >= 4 is 15.9 Å². The van der Waals surface area contributed by atoms with Gasteiger partial charge in [-0.25, -0.2) is 0 Å². The van der Waals surface area contributed by atoms with Gasteiger partial charge in [-0.2, -0.15) is 0 Å². The third-order valence-electron chi connectivity index (χ3n) is 2.52. The van der Waals surface area contributed by atoms with E-state index >= 15 is 0 Å². The lowest BCUT2D eigenvalue weighted by Crippen LogP contribution is -1.97. The van der Waals surface area contributed by atoms with Gasteiger partial charge in [0, 0.05) is 11.0 Å². The Hall–Kier alpha value is -1.32. The van der Waals surface area contributed by atoms with Crippen LogP contribution in [-0.4, -0.2) is 0 Å². The average molecular weight is 292 g/mol. The van der Waals surface area contributed by atoms with Crippen molar-refractivity contribution in [2.24, 2.45) is 5.73 Å². The molecule has 0 heterocycles. The number of ether oxygens (including phenoxy) is 1. The minimum absolute atomic E-state index is 0.555. The SMILES string of the molecule is Cc1cc(CN)ccc1Oc1ccc(Br)cc1. The largest absolute Gasteiger partial charge is 0.457 e. The third kappa shape index (κ3) is 3.08. The highest BCUT2D eigenvalue weighted by atomic mass is 79.9. The van der Waals surface area contributed by atoms with Crippen LogP contribution in [0.25, 0.3) is 0 Å². The van der Waals surface area contributed by atoms with Crippen LogP contribution in [0.1, 0.15) is 11.1 Å². The summed E-state index contributed by atoms with van der Waals surface area (Å²) < 4.78 is 6.84.